The molecular formula is C16H21BrFNO. The Morgan fingerprint density at radius 1 is 1.45 bits per heavy atom. The summed E-state index contributed by atoms with van der Waals surface area (Å²) in [4.78, 5) is 0. The second kappa shape index (κ2) is 5.74. The van der Waals surface area contributed by atoms with Gasteiger partial charge in [0.1, 0.15) is 5.82 Å². The molecule has 2 atom stereocenters. The fourth-order valence-electron chi connectivity index (χ4n) is 3.05. The van der Waals surface area contributed by atoms with Crippen molar-refractivity contribution in [3.05, 3.63) is 34.1 Å². The van der Waals surface area contributed by atoms with Crippen LogP contribution in [-0.4, -0.2) is 25.3 Å². The molecule has 1 heterocycles. The minimum atomic E-state index is -0.181. The van der Waals surface area contributed by atoms with Gasteiger partial charge in [-0.05, 0) is 60.2 Å². The normalized spacial score (nSPS) is 29.9. The highest BCUT2D eigenvalue weighted by atomic mass is 79.9. The van der Waals surface area contributed by atoms with Crippen molar-refractivity contribution in [2.24, 2.45) is 5.41 Å². The molecule has 20 heavy (non-hydrogen) atoms. The van der Waals surface area contributed by atoms with Crippen LogP contribution in [0.5, 0.6) is 0 Å². The highest BCUT2D eigenvalue weighted by Gasteiger charge is 2.42. The van der Waals surface area contributed by atoms with E-state index >= 15 is 0 Å². The third-order valence-electron chi connectivity index (χ3n) is 4.72. The van der Waals surface area contributed by atoms with Crippen LogP contribution in [0.25, 0.3) is 0 Å². The number of hydrogen-bond acceptors (Lipinski definition) is 2. The van der Waals surface area contributed by atoms with Gasteiger partial charge in [-0.2, -0.15) is 0 Å². The van der Waals surface area contributed by atoms with E-state index in [0.29, 0.717) is 10.5 Å². The Hall–Kier alpha value is -0.450. The first-order valence-corrected chi connectivity index (χ1v) is 8.18. The van der Waals surface area contributed by atoms with E-state index in [0.717, 1.165) is 31.6 Å². The second-order valence-corrected chi connectivity index (χ2v) is 6.96. The summed E-state index contributed by atoms with van der Waals surface area (Å²) in [6, 6.07) is 5.99. The van der Waals surface area contributed by atoms with Crippen LogP contribution in [0, 0.1) is 11.2 Å². The molecule has 1 aromatic carbocycles. The van der Waals surface area contributed by atoms with Crippen LogP contribution in [-0.2, 0) is 11.2 Å². The van der Waals surface area contributed by atoms with Gasteiger partial charge in [-0.1, -0.05) is 12.1 Å². The van der Waals surface area contributed by atoms with Crippen LogP contribution < -0.4 is 5.32 Å². The van der Waals surface area contributed by atoms with Crippen LogP contribution in [0.3, 0.4) is 0 Å². The Labute approximate surface area is 128 Å². The van der Waals surface area contributed by atoms with Gasteiger partial charge in [0, 0.05) is 24.6 Å². The molecule has 2 fully saturated rings. The van der Waals surface area contributed by atoms with E-state index in [1.807, 2.05) is 6.07 Å². The van der Waals surface area contributed by atoms with Gasteiger partial charge in [-0.3, -0.25) is 0 Å². The molecular weight excluding hydrogens is 321 g/mol. The van der Waals surface area contributed by atoms with Crippen molar-refractivity contribution in [1.29, 1.82) is 0 Å². The molecule has 1 aliphatic carbocycles. The number of halogens is 2. The van der Waals surface area contributed by atoms with Gasteiger partial charge < -0.3 is 10.1 Å². The Bertz CT molecular complexity index is 491. The lowest BCUT2D eigenvalue weighted by molar-refractivity contribution is 0.0627. The molecule has 2 aliphatic rings. The Kier molecular flexibility index (Phi) is 4.16. The van der Waals surface area contributed by atoms with Crippen molar-refractivity contribution in [1.82, 2.24) is 5.32 Å². The molecule has 0 bridgehead atoms. The molecule has 3 rings (SSSR count). The molecule has 0 spiro atoms. The molecule has 1 saturated heterocycles. The van der Waals surface area contributed by atoms with Crippen LogP contribution >= 0.6 is 15.9 Å². The second-order valence-electron chi connectivity index (χ2n) is 6.17. The van der Waals surface area contributed by atoms with Crippen LogP contribution in [0.15, 0.2) is 22.7 Å². The van der Waals surface area contributed by atoms with E-state index in [1.165, 1.54) is 18.9 Å². The van der Waals surface area contributed by atoms with Gasteiger partial charge in [0.15, 0.2) is 0 Å². The van der Waals surface area contributed by atoms with E-state index in [2.05, 4.69) is 28.2 Å². The van der Waals surface area contributed by atoms with Gasteiger partial charge in [0.05, 0.1) is 10.6 Å². The summed E-state index contributed by atoms with van der Waals surface area (Å²) in [6.07, 6.45) is 4.68. The van der Waals surface area contributed by atoms with Gasteiger partial charge in [0.2, 0.25) is 0 Å². The van der Waals surface area contributed by atoms with Crippen LogP contribution in [0.2, 0.25) is 0 Å². The van der Waals surface area contributed by atoms with Gasteiger partial charge in [-0.15, -0.1) is 0 Å². The third-order valence-corrected chi connectivity index (χ3v) is 5.61. The minimum absolute atomic E-state index is 0.0822. The first-order valence-electron chi connectivity index (χ1n) is 7.39. The predicted octanol–water partition coefficient (Wildman–Crippen LogP) is 3.68. The maximum absolute atomic E-state index is 13.7. The molecule has 2 nitrogen and oxygen atoms in total. The summed E-state index contributed by atoms with van der Waals surface area (Å²) in [5.41, 5.74) is 1.12. The summed E-state index contributed by atoms with van der Waals surface area (Å²) in [5.74, 6) is -0.181. The fraction of sp³-hybridized carbons (Fsp3) is 0.625. The fourth-order valence-corrected chi connectivity index (χ4v) is 3.45. The SMILES string of the molecule is CC1OCCC1(CNC1CC1)Cc1cccc(F)c1Br. The topological polar surface area (TPSA) is 21.3 Å². The Morgan fingerprint density at radius 3 is 2.90 bits per heavy atom. The standard InChI is InChI=1S/C16H21BrFNO/c1-11-16(7-8-20-11,10-19-13-5-6-13)9-12-3-2-4-14(18)15(12)17/h2-4,11,13,19H,5-10H2,1H3. The lowest BCUT2D eigenvalue weighted by Gasteiger charge is -2.33. The zero-order valence-corrected chi connectivity index (χ0v) is 13.4. The van der Waals surface area contributed by atoms with E-state index in [-0.39, 0.29) is 17.3 Å². The Morgan fingerprint density at radius 2 is 2.25 bits per heavy atom. The number of ether oxygens (including phenoxy) is 1. The largest absolute Gasteiger partial charge is 0.378 e. The molecule has 2 unspecified atom stereocenters. The molecule has 4 heteroatoms. The minimum Gasteiger partial charge on any atom is -0.378 e. The zero-order chi connectivity index (χ0) is 14.2. The molecule has 110 valence electrons. The lowest BCUT2D eigenvalue weighted by Crippen LogP contribution is -2.42. The van der Waals surface area contributed by atoms with Crippen molar-refractivity contribution in [2.45, 2.75) is 44.8 Å². The van der Waals surface area contributed by atoms with E-state index in [4.69, 9.17) is 4.74 Å². The molecule has 0 amide bonds. The number of nitrogens with one attached hydrogen (secondary N) is 1. The van der Waals surface area contributed by atoms with Crippen LogP contribution in [0.1, 0.15) is 31.7 Å². The summed E-state index contributed by atoms with van der Waals surface area (Å²) < 4.78 is 20.1. The average Bonchev–Trinajstić information content (AvgIpc) is 3.19. The zero-order valence-electron chi connectivity index (χ0n) is 11.8. The first kappa shape index (κ1) is 14.5. The van der Waals surface area contributed by atoms with Crippen molar-refractivity contribution in [2.75, 3.05) is 13.2 Å². The van der Waals surface area contributed by atoms with Crippen molar-refractivity contribution < 1.29 is 9.13 Å². The predicted molar refractivity (Wildman–Crippen MR) is 81.3 cm³/mol. The summed E-state index contributed by atoms with van der Waals surface area (Å²) in [5, 5.41) is 3.64. The molecule has 1 saturated carbocycles. The lowest BCUT2D eigenvalue weighted by atomic mass is 9.76. The Balaban J connectivity index is 1.80. The molecule has 1 N–H and O–H groups in total. The first-order chi connectivity index (χ1) is 9.61. The van der Waals surface area contributed by atoms with Crippen LogP contribution in [0.4, 0.5) is 4.39 Å². The molecule has 1 aromatic rings. The van der Waals surface area contributed by atoms with E-state index in [9.17, 15) is 4.39 Å². The maximum Gasteiger partial charge on any atom is 0.137 e. The van der Waals surface area contributed by atoms with Gasteiger partial charge in [0.25, 0.3) is 0 Å². The van der Waals surface area contributed by atoms with E-state index in [1.54, 1.807) is 6.07 Å². The molecule has 0 radical (unpaired) electrons. The van der Waals surface area contributed by atoms with E-state index < -0.39 is 0 Å². The number of benzene rings is 1. The van der Waals surface area contributed by atoms with Crippen molar-refractivity contribution in [3.8, 4) is 0 Å². The van der Waals surface area contributed by atoms with Gasteiger partial charge in [-0.25, -0.2) is 4.39 Å². The number of hydrogen-bond donors (Lipinski definition) is 1. The monoisotopic (exact) mass is 341 g/mol. The molecule has 1 aliphatic heterocycles. The third kappa shape index (κ3) is 2.92. The van der Waals surface area contributed by atoms with Crippen molar-refractivity contribution >= 4 is 15.9 Å². The summed E-state index contributed by atoms with van der Waals surface area (Å²) in [6.45, 7) is 3.91. The highest BCUT2D eigenvalue weighted by Crippen LogP contribution is 2.40. The quantitative estimate of drug-likeness (QED) is 0.881. The maximum atomic E-state index is 13.7. The summed E-state index contributed by atoms with van der Waals surface area (Å²) in [7, 11) is 0. The van der Waals surface area contributed by atoms with Gasteiger partial charge >= 0.3 is 0 Å². The summed E-state index contributed by atoms with van der Waals surface area (Å²) >= 11 is 3.39. The number of rotatable bonds is 5. The highest BCUT2D eigenvalue weighted by molar-refractivity contribution is 9.10. The smallest absolute Gasteiger partial charge is 0.137 e. The average molecular weight is 342 g/mol. The molecule has 0 aromatic heterocycles. The van der Waals surface area contributed by atoms with Crippen molar-refractivity contribution in [3.63, 3.8) is 0 Å².